The lowest BCUT2D eigenvalue weighted by molar-refractivity contribution is 0.0570. The number of carbonyl (C=O) groups excluding carboxylic acids is 2. The second-order valence-corrected chi connectivity index (χ2v) is 8.87. The third-order valence-corrected chi connectivity index (χ3v) is 7.03. The van der Waals surface area contributed by atoms with Gasteiger partial charge >= 0.3 is 6.09 Å². The van der Waals surface area contributed by atoms with Crippen LogP contribution in [0.1, 0.15) is 24.2 Å². The van der Waals surface area contributed by atoms with Crippen molar-refractivity contribution >= 4 is 27.7 Å². The van der Waals surface area contributed by atoms with Gasteiger partial charge in [-0.2, -0.15) is 0 Å². The maximum Gasteiger partial charge on any atom is 0.409 e. The molecule has 2 amide bonds. The Morgan fingerprint density at radius 2 is 1.48 bits per heavy atom. The highest BCUT2D eigenvalue weighted by Crippen LogP contribution is 2.24. The van der Waals surface area contributed by atoms with Gasteiger partial charge in [-0.1, -0.05) is 18.2 Å². The van der Waals surface area contributed by atoms with Crippen molar-refractivity contribution in [3.05, 3.63) is 60.2 Å². The molecule has 1 saturated heterocycles. The van der Waals surface area contributed by atoms with Gasteiger partial charge in [0.25, 0.3) is 15.9 Å². The summed E-state index contributed by atoms with van der Waals surface area (Å²) in [5.41, 5.74) is 0.969. The van der Waals surface area contributed by atoms with Crippen molar-refractivity contribution < 1.29 is 22.7 Å². The number of ether oxygens (including phenoxy) is 1. The van der Waals surface area contributed by atoms with Crippen molar-refractivity contribution in [2.45, 2.75) is 18.7 Å². The van der Waals surface area contributed by atoms with Crippen molar-refractivity contribution in [3.63, 3.8) is 0 Å². The van der Waals surface area contributed by atoms with Crippen LogP contribution >= 0.6 is 0 Å². The number of benzene rings is 2. The highest BCUT2D eigenvalue weighted by molar-refractivity contribution is 7.92. The molecule has 0 aromatic heterocycles. The first-order chi connectivity index (χ1) is 14.9. The Balaban J connectivity index is 1.70. The molecule has 2 aromatic carbocycles. The van der Waals surface area contributed by atoms with Gasteiger partial charge in [0.15, 0.2) is 0 Å². The van der Waals surface area contributed by atoms with Crippen LogP contribution in [0.2, 0.25) is 0 Å². The van der Waals surface area contributed by atoms with E-state index in [2.05, 4.69) is 0 Å². The summed E-state index contributed by atoms with van der Waals surface area (Å²) in [6.45, 7) is 5.78. The van der Waals surface area contributed by atoms with E-state index in [9.17, 15) is 18.0 Å². The Hall–Kier alpha value is -3.07. The molecule has 0 atom stereocenters. The summed E-state index contributed by atoms with van der Waals surface area (Å²) < 4.78 is 32.3. The Morgan fingerprint density at radius 1 is 0.903 bits per heavy atom. The van der Waals surface area contributed by atoms with Crippen molar-refractivity contribution in [1.29, 1.82) is 0 Å². The number of amides is 2. The van der Waals surface area contributed by atoms with Gasteiger partial charge in [-0.25, -0.2) is 13.2 Å². The molecule has 3 rings (SSSR count). The van der Waals surface area contributed by atoms with Crippen LogP contribution in [0, 0.1) is 0 Å². The van der Waals surface area contributed by atoms with Crippen molar-refractivity contribution in [2.24, 2.45) is 0 Å². The van der Waals surface area contributed by atoms with Gasteiger partial charge < -0.3 is 14.5 Å². The molecule has 0 spiro atoms. The fraction of sp³-hybridized carbons (Fsp3) is 0.364. The molecule has 1 heterocycles. The topological polar surface area (TPSA) is 87.2 Å². The van der Waals surface area contributed by atoms with Gasteiger partial charge in [-0.3, -0.25) is 9.10 Å². The molecule has 31 heavy (non-hydrogen) atoms. The number of sulfonamides is 1. The number of hydrogen-bond acceptors (Lipinski definition) is 5. The quantitative estimate of drug-likeness (QED) is 0.682. The van der Waals surface area contributed by atoms with Crippen molar-refractivity contribution in [3.8, 4) is 0 Å². The first kappa shape index (κ1) is 22.6. The van der Waals surface area contributed by atoms with E-state index >= 15 is 0 Å². The van der Waals surface area contributed by atoms with E-state index in [1.54, 1.807) is 78.2 Å². The largest absolute Gasteiger partial charge is 0.450 e. The second kappa shape index (κ2) is 9.82. The minimum Gasteiger partial charge on any atom is -0.450 e. The van der Waals surface area contributed by atoms with Crippen LogP contribution < -0.4 is 4.31 Å². The molecule has 0 aliphatic carbocycles. The lowest BCUT2D eigenvalue weighted by atomic mass is 10.1. The predicted molar refractivity (Wildman–Crippen MR) is 118 cm³/mol. The van der Waals surface area contributed by atoms with Crippen LogP contribution in [-0.2, 0) is 14.8 Å². The van der Waals surface area contributed by atoms with Gasteiger partial charge in [-0.15, -0.1) is 0 Å². The van der Waals surface area contributed by atoms with Gasteiger partial charge in [-0.05, 0) is 50.2 Å². The van der Waals surface area contributed by atoms with Gasteiger partial charge in [0, 0.05) is 38.3 Å². The molecule has 166 valence electrons. The highest BCUT2D eigenvalue weighted by Gasteiger charge is 2.26. The second-order valence-electron chi connectivity index (χ2n) is 7.01. The molecular formula is C22H27N3O5S. The summed E-state index contributed by atoms with van der Waals surface area (Å²) in [7, 11) is -3.69. The number of hydrogen-bond donors (Lipinski definition) is 0. The zero-order chi connectivity index (χ0) is 22.4. The Kier molecular flexibility index (Phi) is 7.17. The SMILES string of the molecule is CCOC(=O)N1CCN(C(=O)c2ccc(N(CC)S(=O)(=O)c3ccccc3)cc2)CC1. The molecule has 2 aromatic rings. The average Bonchev–Trinajstić information content (AvgIpc) is 2.80. The minimum atomic E-state index is -3.69. The van der Waals surface area contributed by atoms with Gasteiger partial charge in [0.2, 0.25) is 0 Å². The van der Waals surface area contributed by atoms with Gasteiger partial charge in [0.1, 0.15) is 0 Å². The lowest BCUT2D eigenvalue weighted by Gasteiger charge is -2.34. The van der Waals surface area contributed by atoms with E-state index in [0.29, 0.717) is 44.0 Å². The molecule has 1 aliphatic rings. The molecule has 0 radical (unpaired) electrons. The normalized spacial score (nSPS) is 14.3. The number of nitrogens with zero attached hydrogens (tertiary/aromatic N) is 3. The standard InChI is InChI=1S/C22H27N3O5S/c1-3-25(31(28,29)20-8-6-5-7-9-20)19-12-10-18(11-13-19)21(26)23-14-16-24(17-15-23)22(27)30-4-2/h5-13H,3-4,14-17H2,1-2H3. The first-order valence-electron chi connectivity index (χ1n) is 10.3. The fourth-order valence-corrected chi connectivity index (χ4v) is 4.97. The molecule has 1 aliphatic heterocycles. The van der Waals surface area contributed by atoms with Crippen LogP contribution in [0.3, 0.4) is 0 Å². The van der Waals surface area contributed by atoms with Crippen LogP contribution in [0.4, 0.5) is 10.5 Å². The van der Waals surface area contributed by atoms with Crippen LogP contribution in [0.25, 0.3) is 0 Å². The Labute approximate surface area is 183 Å². The molecular weight excluding hydrogens is 418 g/mol. The van der Waals surface area contributed by atoms with Crippen LogP contribution in [0.15, 0.2) is 59.5 Å². The summed E-state index contributed by atoms with van der Waals surface area (Å²) in [6.07, 6.45) is -0.363. The van der Waals surface area contributed by atoms with Crippen molar-refractivity contribution in [1.82, 2.24) is 9.80 Å². The average molecular weight is 446 g/mol. The molecule has 0 saturated carbocycles. The maximum atomic E-state index is 13.0. The van der Waals surface area contributed by atoms with E-state index in [0.717, 1.165) is 0 Å². The lowest BCUT2D eigenvalue weighted by Crippen LogP contribution is -2.50. The maximum absolute atomic E-state index is 13.0. The fourth-order valence-electron chi connectivity index (χ4n) is 3.47. The van der Waals surface area contributed by atoms with Crippen LogP contribution in [0.5, 0.6) is 0 Å². The smallest absolute Gasteiger partial charge is 0.409 e. The molecule has 0 unspecified atom stereocenters. The molecule has 0 N–H and O–H groups in total. The number of anilines is 1. The number of rotatable bonds is 6. The van der Waals surface area contributed by atoms with Crippen LogP contribution in [-0.4, -0.2) is 69.5 Å². The number of carbonyl (C=O) groups is 2. The summed E-state index contributed by atoms with van der Waals surface area (Å²) in [4.78, 5) is 28.1. The Morgan fingerprint density at radius 3 is 2.03 bits per heavy atom. The summed E-state index contributed by atoms with van der Waals surface area (Å²) in [5.74, 6) is -0.149. The van der Waals surface area contributed by atoms with E-state index in [1.807, 2.05) is 0 Å². The van der Waals surface area contributed by atoms with E-state index in [1.165, 1.54) is 4.31 Å². The molecule has 8 nitrogen and oxygen atoms in total. The molecule has 9 heteroatoms. The van der Waals surface area contributed by atoms with E-state index < -0.39 is 10.0 Å². The third-order valence-electron chi connectivity index (χ3n) is 5.11. The zero-order valence-electron chi connectivity index (χ0n) is 17.7. The Bertz CT molecular complexity index is 1000. The minimum absolute atomic E-state index is 0.149. The van der Waals surface area contributed by atoms with E-state index in [-0.39, 0.29) is 23.4 Å². The number of piperazine rings is 1. The van der Waals surface area contributed by atoms with Gasteiger partial charge in [0.05, 0.1) is 17.2 Å². The zero-order valence-corrected chi connectivity index (χ0v) is 18.5. The van der Waals surface area contributed by atoms with E-state index in [4.69, 9.17) is 4.74 Å². The highest BCUT2D eigenvalue weighted by atomic mass is 32.2. The summed E-state index contributed by atoms with van der Waals surface area (Å²) in [5, 5.41) is 0. The first-order valence-corrected chi connectivity index (χ1v) is 11.7. The monoisotopic (exact) mass is 445 g/mol. The summed E-state index contributed by atoms with van der Waals surface area (Å²) in [6, 6.07) is 14.8. The predicted octanol–water partition coefficient (Wildman–Crippen LogP) is 2.82. The van der Waals surface area contributed by atoms with Crippen molar-refractivity contribution in [2.75, 3.05) is 43.6 Å². The molecule has 1 fully saturated rings. The third kappa shape index (κ3) is 4.99. The molecule has 0 bridgehead atoms. The summed E-state index contributed by atoms with van der Waals surface area (Å²) >= 11 is 0.